The number of rotatable bonds is 16. The van der Waals surface area contributed by atoms with Crippen LogP contribution in [-0.2, 0) is 28.5 Å². The molecule has 0 aromatic rings. The number of hydrogen-bond donors (Lipinski definition) is 2. The largest absolute Gasteiger partial charge is 0.508 e. The molecule has 10 heteroatoms. The standard InChI is InChI=1S/C21H36O10/c1-5-28-19(26)30-15(3)21(18(24)25,16(4)31-20(27)29-6-2)14-12-10-8-7-9-11-13-17(22)23/h15-16H,5-14H2,1-4H3,(H,22,23)(H,24,25). The van der Waals surface area contributed by atoms with Crippen molar-refractivity contribution in [2.75, 3.05) is 13.2 Å². The summed E-state index contributed by atoms with van der Waals surface area (Å²) in [5.74, 6) is -2.08. The third-order valence-corrected chi connectivity index (χ3v) is 5.15. The van der Waals surface area contributed by atoms with Gasteiger partial charge in [0.15, 0.2) is 0 Å². The minimum atomic E-state index is -1.69. The van der Waals surface area contributed by atoms with E-state index in [4.69, 9.17) is 24.1 Å². The van der Waals surface area contributed by atoms with Gasteiger partial charge in [-0.05, 0) is 40.5 Å². The Labute approximate surface area is 183 Å². The molecule has 0 aliphatic carbocycles. The average Bonchev–Trinajstić information content (AvgIpc) is 2.66. The van der Waals surface area contributed by atoms with Gasteiger partial charge in [0.2, 0.25) is 0 Å². The minimum absolute atomic E-state index is 0.0718. The Balaban J connectivity index is 5.16. The van der Waals surface area contributed by atoms with Gasteiger partial charge in [-0.2, -0.15) is 0 Å². The van der Waals surface area contributed by atoms with E-state index in [1.54, 1.807) is 13.8 Å². The van der Waals surface area contributed by atoms with E-state index in [1.807, 2.05) is 0 Å². The average molecular weight is 449 g/mol. The van der Waals surface area contributed by atoms with Crippen molar-refractivity contribution in [1.29, 1.82) is 0 Å². The summed E-state index contributed by atoms with van der Waals surface area (Å²) in [5, 5.41) is 18.7. The van der Waals surface area contributed by atoms with Gasteiger partial charge in [0.05, 0.1) is 13.2 Å². The fraction of sp³-hybridized carbons (Fsp3) is 0.810. The fourth-order valence-electron chi connectivity index (χ4n) is 3.40. The number of carboxylic acid groups (broad SMARTS) is 2. The minimum Gasteiger partial charge on any atom is -0.481 e. The lowest BCUT2D eigenvalue weighted by Crippen LogP contribution is -2.52. The maximum Gasteiger partial charge on any atom is 0.508 e. The lowest BCUT2D eigenvalue weighted by molar-refractivity contribution is -0.170. The smallest absolute Gasteiger partial charge is 0.481 e. The number of carbonyl (C=O) groups excluding carboxylic acids is 2. The van der Waals surface area contributed by atoms with Crippen LogP contribution in [0, 0.1) is 5.41 Å². The molecule has 31 heavy (non-hydrogen) atoms. The van der Waals surface area contributed by atoms with Crippen molar-refractivity contribution in [3.63, 3.8) is 0 Å². The predicted molar refractivity (Wildman–Crippen MR) is 110 cm³/mol. The molecule has 0 heterocycles. The fourth-order valence-corrected chi connectivity index (χ4v) is 3.40. The molecule has 2 atom stereocenters. The van der Waals surface area contributed by atoms with Crippen LogP contribution < -0.4 is 0 Å². The van der Waals surface area contributed by atoms with Crippen molar-refractivity contribution >= 4 is 24.2 Å². The first-order chi connectivity index (χ1) is 14.6. The zero-order valence-electron chi connectivity index (χ0n) is 18.9. The Bertz CT molecular complexity index is 549. The number of carbonyl (C=O) groups is 4. The quantitative estimate of drug-likeness (QED) is 0.257. The summed E-state index contributed by atoms with van der Waals surface area (Å²) in [4.78, 5) is 46.4. The van der Waals surface area contributed by atoms with Crippen LogP contribution in [-0.4, -0.2) is 59.9 Å². The van der Waals surface area contributed by atoms with Crippen LogP contribution in [0.2, 0.25) is 0 Å². The molecule has 0 fully saturated rings. The van der Waals surface area contributed by atoms with E-state index >= 15 is 0 Å². The topological polar surface area (TPSA) is 146 Å². The summed E-state index contributed by atoms with van der Waals surface area (Å²) in [5.41, 5.74) is -1.69. The summed E-state index contributed by atoms with van der Waals surface area (Å²) in [7, 11) is 0. The van der Waals surface area contributed by atoms with Gasteiger partial charge in [0.25, 0.3) is 0 Å². The second kappa shape index (κ2) is 15.3. The normalized spacial score (nSPS) is 14.6. The van der Waals surface area contributed by atoms with Crippen molar-refractivity contribution < 1.29 is 48.3 Å². The Morgan fingerprint density at radius 2 is 1.16 bits per heavy atom. The molecule has 0 bridgehead atoms. The third-order valence-electron chi connectivity index (χ3n) is 5.15. The predicted octanol–water partition coefficient (Wildman–Crippen LogP) is 4.39. The first-order valence-electron chi connectivity index (χ1n) is 10.7. The lowest BCUT2D eigenvalue weighted by atomic mass is 9.73. The van der Waals surface area contributed by atoms with Crippen molar-refractivity contribution in [3.8, 4) is 0 Å². The molecule has 0 aromatic carbocycles. The van der Waals surface area contributed by atoms with Gasteiger partial charge in [0.1, 0.15) is 17.6 Å². The summed E-state index contributed by atoms with van der Waals surface area (Å²) in [6, 6.07) is 0. The lowest BCUT2D eigenvalue weighted by Gasteiger charge is -2.38. The van der Waals surface area contributed by atoms with Gasteiger partial charge in [-0.3, -0.25) is 9.59 Å². The van der Waals surface area contributed by atoms with Gasteiger partial charge in [-0.25, -0.2) is 9.59 Å². The molecular formula is C21H36O10. The molecule has 0 aromatic heterocycles. The third kappa shape index (κ3) is 10.4. The summed E-state index contributed by atoms with van der Waals surface area (Å²) in [6.07, 6.45) is 0.153. The molecule has 0 aliphatic heterocycles. The Hall–Kier alpha value is -2.52. The zero-order chi connectivity index (χ0) is 23.9. The maximum absolute atomic E-state index is 12.3. The number of ether oxygens (including phenoxy) is 4. The Morgan fingerprint density at radius 1 is 0.742 bits per heavy atom. The van der Waals surface area contributed by atoms with E-state index in [0.29, 0.717) is 19.3 Å². The van der Waals surface area contributed by atoms with Gasteiger partial charge in [0, 0.05) is 6.42 Å². The molecule has 2 unspecified atom stereocenters. The maximum atomic E-state index is 12.3. The first kappa shape index (κ1) is 28.5. The molecule has 0 amide bonds. The highest BCUT2D eigenvalue weighted by atomic mass is 16.7. The van der Waals surface area contributed by atoms with Gasteiger partial charge < -0.3 is 29.2 Å². The van der Waals surface area contributed by atoms with E-state index < -0.39 is 41.9 Å². The second-order valence-corrected chi connectivity index (χ2v) is 7.25. The van der Waals surface area contributed by atoms with E-state index in [9.17, 15) is 24.3 Å². The van der Waals surface area contributed by atoms with Crippen molar-refractivity contribution in [3.05, 3.63) is 0 Å². The molecule has 180 valence electrons. The Kier molecular flexibility index (Phi) is 14.1. The van der Waals surface area contributed by atoms with Crippen LogP contribution >= 0.6 is 0 Å². The molecule has 0 aliphatic rings. The Morgan fingerprint density at radius 3 is 1.55 bits per heavy atom. The van der Waals surface area contributed by atoms with E-state index in [1.165, 1.54) is 13.8 Å². The van der Waals surface area contributed by atoms with Crippen molar-refractivity contribution in [2.45, 2.75) is 91.3 Å². The van der Waals surface area contributed by atoms with Crippen LogP contribution in [0.3, 0.4) is 0 Å². The van der Waals surface area contributed by atoms with Crippen LogP contribution in [0.5, 0.6) is 0 Å². The molecule has 0 saturated heterocycles. The van der Waals surface area contributed by atoms with Gasteiger partial charge >= 0.3 is 24.2 Å². The molecule has 0 spiro atoms. The van der Waals surface area contributed by atoms with Crippen LogP contribution in [0.25, 0.3) is 0 Å². The van der Waals surface area contributed by atoms with Crippen molar-refractivity contribution in [1.82, 2.24) is 0 Å². The first-order valence-corrected chi connectivity index (χ1v) is 10.7. The summed E-state index contributed by atoms with van der Waals surface area (Å²) >= 11 is 0. The van der Waals surface area contributed by atoms with E-state index in [0.717, 1.165) is 19.3 Å². The highest BCUT2D eigenvalue weighted by molar-refractivity contribution is 5.77. The molecule has 0 saturated carbocycles. The summed E-state index contributed by atoms with van der Waals surface area (Å²) in [6.45, 7) is 6.20. The molecule has 10 nitrogen and oxygen atoms in total. The molecule has 0 radical (unpaired) electrons. The molecule has 0 rings (SSSR count). The summed E-state index contributed by atoms with van der Waals surface area (Å²) < 4.78 is 19.9. The number of unbranched alkanes of at least 4 members (excludes halogenated alkanes) is 5. The zero-order valence-corrected chi connectivity index (χ0v) is 18.9. The van der Waals surface area contributed by atoms with Crippen LogP contribution in [0.15, 0.2) is 0 Å². The monoisotopic (exact) mass is 448 g/mol. The van der Waals surface area contributed by atoms with Crippen LogP contribution in [0.1, 0.15) is 79.1 Å². The second-order valence-electron chi connectivity index (χ2n) is 7.25. The SMILES string of the molecule is CCOC(=O)OC(C)C(CCCCCCCCC(=O)O)(C(=O)O)C(C)OC(=O)OCC. The van der Waals surface area contributed by atoms with Crippen molar-refractivity contribution in [2.24, 2.45) is 5.41 Å². The highest BCUT2D eigenvalue weighted by Gasteiger charge is 2.52. The van der Waals surface area contributed by atoms with Gasteiger partial charge in [-0.15, -0.1) is 0 Å². The van der Waals surface area contributed by atoms with Gasteiger partial charge in [-0.1, -0.05) is 32.1 Å². The molecule has 2 N–H and O–H groups in total. The highest BCUT2D eigenvalue weighted by Crippen LogP contribution is 2.38. The molecular weight excluding hydrogens is 412 g/mol. The number of hydrogen-bond acceptors (Lipinski definition) is 8. The van der Waals surface area contributed by atoms with E-state index in [-0.39, 0.29) is 26.1 Å². The van der Waals surface area contributed by atoms with E-state index in [2.05, 4.69) is 0 Å². The van der Waals surface area contributed by atoms with Crippen LogP contribution in [0.4, 0.5) is 9.59 Å². The number of carboxylic acids is 2. The number of aliphatic carboxylic acids is 2.